The van der Waals surface area contributed by atoms with Crippen LogP contribution in [-0.4, -0.2) is 40.6 Å². The topological polar surface area (TPSA) is 69.6 Å². The largest absolute Gasteiger partial charge is 0.481 e. The number of hydrogen-bond acceptors (Lipinski definition) is 2. The van der Waals surface area contributed by atoms with Crippen LogP contribution >= 0.6 is 0 Å². The number of likely N-dealkylation sites (tertiary alicyclic amines) is 1. The summed E-state index contributed by atoms with van der Waals surface area (Å²) in [6, 6.07) is 0.218. The molecule has 5 nitrogen and oxygen atoms in total. The third kappa shape index (κ3) is 6.82. The van der Waals surface area contributed by atoms with Crippen LogP contribution in [0, 0.1) is 5.92 Å². The molecule has 1 fully saturated rings. The van der Waals surface area contributed by atoms with E-state index in [1.165, 1.54) is 0 Å². The molecular formula is C16H30N2O3. The maximum Gasteiger partial charge on any atom is 0.317 e. The number of piperidine rings is 1. The standard InChI is InChI=1S/C16H30N2O3/c1-12(2)7-8-13(3)17-16(21)18-11-5-4-6-14(18)9-10-15(19)20/h12-14H,4-11H2,1-3H3,(H,17,21)(H,19,20). The van der Waals surface area contributed by atoms with Crippen LogP contribution in [0.4, 0.5) is 4.79 Å². The predicted octanol–water partition coefficient (Wildman–Crippen LogP) is 3.24. The number of nitrogens with one attached hydrogen (secondary N) is 1. The molecule has 1 rings (SSSR count). The number of carboxylic acid groups (broad SMARTS) is 1. The van der Waals surface area contributed by atoms with Crippen LogP contribution in [0.3, 0.4) is 0 Å². The van der Waals surface area contributed by atoms with Gasteiger partial charge < -0.3 is 15.3 Å². The highest BCUT2D eigenvalue weighted by atomic mass is 16.4. The minimum atomic E-state index is -0.786. The molecule has 2 amide bonds. The molecule has 0 aromatic heterocycles. The number of carbonyl (C=O) groups excluding carboxylic acids is 1. The molecule has 5 heteroatoms. The van der Waals surface area contributed by atoms with Gasteiger partial charge in [0.05, 0.1) is 0 Å². The fraction of sp³-hybridized carbons (Fsp3) is 0.875. The second kappa shape index (κ2) is 8.90. The highest BCUT2D eigenvalue weighted by molar-refractivity contribution is 5.75. The molecule has 21 heavy (non-hydrogen) atoms. The Kier molecular flexibility index (Phi) is 7.54. The van der Waals surface area contributed by atoms with Gasteiger partial charge in [0.2, 0.25) is 0 Å². The van der Waals surface area contributed by atoms with Crippen LogP contribution in [0.25, 0.3) is 0 Å². The molecule has 1 aliphatic heterocycles. The summed E-state index contributed by atoms with van der Waals surface area (Å²) in [6.07, 6.45) is 5.79. The summed E-state index contributed by atoms with van der Waals surface area (Å²) in [7, 11) is 0. The Balaban J connectivity index is 2.46. The van der Waals surface area contributed by atoms with E-state index in [1.54, 1.807) is 0 Å². The van der Waals surface area contributed by atoms with Crippen molar-refractivity contribution in [3.05, 3.63) is 0 Å². The zero-order chi connectivity index (χ0) is 15.8. The number of hydrogen-bond donors (Lipinski definition) is 2. The maximum atomic E-state index is 12.4. The lowest BCUT2D eigenvalue weighted by molar-refractivity contribution is -0.137. The molecule has 1 heterocycles. The van der Waals surface area contributed by atoms with Gasteiger partial charge in [-0.2, -0.15) is 0 Å². The molecule has 0 aromatic carbocycles. The molecule has 2 unspecified atom stereocenters. The van der Waals surface area contributed by atoms with E-state index in [0.29, 0.717) is 12.3 Å². The molecule has 0 radical (unpaired) electrons. The zero-order valence-corrected chi connectivity index (χ0v) is 13.6. The quantitative estimate of drug-likeness (QED) is 0.758. The van der Waals surface area contributed by atoms with E-state index < -0.39 is 5.97 Å². The predicted molar refractivity (Wildman–Crippen MR) is 83.3 cm³/mol. The van der Waals surface area contributed by atoms with Crippen molar-refractivity contribution in [3.63, 3.8) is 0 Å². The highest BCUT2D eigenvalue weighted by Crippen LogP contribution is 2.21. The smallest absolute Gasteiger partial charge is 0.317 e. The number of nitrogens with zero attached hydrogens (tertiary/aromatic N) is 1. The van der Waals surface area contributed by atoms with Crippen LogP contribution < -0.4 is 5.32 Å². The summed E-state index contributed by atoms with van der Waals surface area (Å²) in [5, 5.41) is 11.9. The van der Waals surface area contributed by atoms with Crippen LogP contribution in [0.15, 0.2) is 0 Å². The molecule has 2 N–H and O–H groups in total. The summed E-state index contributed by atoms with van der Waals surface area (Å²) < 4.78 is 0. The van der Waals surface area contributed by atoms with E-state index >= 15 is 0 Å². The third-order valence-electron chi connectivity index (χ3n) is 4.13. The van der Waals surface area contributed by atoms with E-state index in [4.69, 9.17) is 5.11 Å². The third-order valence-corrected chi connectivity index (χ3v) is 4.13. The fourth-order valence-electron chi connectivity index (χ4n) is 2.81. The van der Waals surface area contributed by atoms with Crippen molar-refractivity contribution in [2.75, 3.05) is 6.54 Å². The molecule has 0 saturated carbocycles. The average molecular weight is 298 g/mol. The molecular weight excluding hydrogens is 268 g/mol. The maximum absolute atomic E-state index is 12.4. The van der Waals surface area contributed by atoms with Crippen LogP contribution in [0.1, 0.15) is 65.7 Å². The summed E-state index contributed by atoms with van der Waals surface area (Å²) in [4.78, 5) is 24.9. The monoisotopic (exact) mass is 298 g/mol. The second-order valence-corrected chi connectivity index (χ2v) is 6.60. The Morgan fingerprint density at radius 2 is 1.95 bits per heavy atom. The van der Waals surface area contributed by atoms with Crippen LogP contribution in [0.5, 0.6) is 0 Å². The first kappa shape index (κ1) is 17.8. The van der Waals surface area contributed by atoms with Crippen molar-refractivity contribution >= 4 is 12.0 Å². The lowest BCUT2D eigenvalue weighted by atomic mass is 9.98. The zero-order valence-electron chi connectivity index (χ0n) is 13.6. The Morgan fingerprint density at radius 1 is 1.24 bits per heavy atom. The Morgan fingerprint density at radius 3 is 2.57 bits per heavy atom. The van der Waals surface area contributed by atoms with E-state index in [2.05, 4.69) is 19.2 Å². The molecule has 2 atom stereocenters. The van der Waals surface area contributed by atoms with Gasteiger partial charge in [-0.15, -0.1) is 0 Å². The Bertz CT molecular complexity index is 344. The number of aliphatic carboxylic acids is 1. The minimum Gasteiger partial charge on any atom is -0.481 e. The van der Waals surface area contributed by atoms with E-state index in [-0.39, 0.29) is 24.5 Å². The molecule has 0 aliphatic carbocycles. The van der Waals surface area contributed by atoms with Gasteiger partial charge in [0.25, 0.3) is 0 Å². The number of urea groups is 1. The first-order valence-corrected chi connectivity index (χ1v) is 8.19. The molecule has 0 aromatic rings. The number of amides is 2. The van der Waals surface area contributed by atoms with Gasteiger partial charge in [-0.05, 0) is 51.4 Å². The second-order valence-electron chi connectivity index (χ2n) is 6.60. The van der Waals surface area contributed by atoms with Gasteiger partial charge in [-0.3, -0.25) is 4.79 Å². The fourth-order valence-corrected chi connectivity index (χ4v) is 2.81. The molecule has 122 valence electrons. The molecule has 0 spiro atoms. The SMILES string of the molecule is CC(C)CCC(C)NC(=O)N1CCCCC1CCC(=O)O. The van der Waals surface area contributed by atoms with Crippen molar-refractivity contribution in [2.45, 2.75) is 77.8 Å². The normalized spacial score (nSPS) is 20.4. The molecule has 0 bridgehead atoms. The lowest BCUT2D eigenvalue weighted by Crippen LogP contribution is -2.50. The number of rotatable bonds is 7. The van der Waals surface area contributed by atoms with Gasteiger partial charge in [0.1, 0.15) is 0 Å². The van der Waals surface area contributed by atoms with Gasteiger partial charge in [-0.1, -0.05) is 13.8 Å². The van der Waals surface area contributed by atoms with E-state index in [0.717, 1.165) is 38.6 Å². The summed E-state index contributed by atoms with van der Waals surface area (Å²) >= 11 is 0. The van der Waals surface area contributed by atoms with E-state index in [1.807, 2.05) is 11.8 Å². The summed E-state index contributed by atoms with van der Waals surface area (Å²) in [5.74, 6) is -0.145. The average Bonchev–Trinajstić information content (AvgIpc) is 2.43. The highest BCUT2D eigenvalue weighted by Gasteiger charge is 2.27. The Labute approximate surface area is 128 Å². The molecule has 1 saturated heterocycles. The van der Waals surface area contributed by atoms with Gasteiger partial charge in [0, 0.05) is 25.0 Å². The summed E-state index contributed by atoms with van der Waals surface area (Å²) in [6.45, 7) is 7.14. The lowest BCUT2D eigenvalue weighted by Gasteiger charge is -2.36. The van der Waals surface area contributed by atoms with Crippen molar-refractivity contribution in [2.24, 2.45) is 5.92 Å². The van der Waals surface area contributed by atoms with Crippen molar-refractivity contribution in [1.29, 1.82) is 0 Å². The first-order chi connectivity index (χ1) is 9.90. The molecule has 1 aliphatic rings. The number of carboxylic acids is 1. The minimum absolute atomic E-state index is 0.0265. The van der Waals surface area contributed by atoms with Gasteiger partial charge >= 0.3 is 12.0 Å². The van der Waals surface area contributed by atoms with Gasteiger partial charge in [-0.25, -0.2) is 4.79 Å². The van der Waals surface area contributed by atoms with Gasteiger partial charge in [0.15, 0.2) is 0 Å². The first-order valence-electron chi connectivity index (χ1n) is 8.19. The van der Waals surface area contributed by atoms with Crippen molar-refractivity contribution in [3.8, 4) is 0 Å². The summed E-state index contributed by atoms with van der Waals surface area (Å²) in [5.41, 5.74) is 0. The van der Waals surface area contributed by atoms with Crippen molar-refractivity contribution in [1.82, 2.24) is 10.2 Å². The van der Waals surface area contributed by atoms with Crippen LogP contribution in [-0.2, 0) is 4.79 Å². The Hall–Kier alpha value is -1.26. The number of carbonyl (C=O) groups is 2. The van der Waals surface area contributed by atoms with Crippen molar-refractivity contribution < 1.29 is 14.7 Å². The van der Waals surface area contributed by atoms with E-state index in [9.17, 15) is 9.59 Å². The van der Waals surface area contributed by atoms with Crippen LogP contribution in [0.2, 0.25) is 0 Å².